The van der Waals surface area contributed by atoms with Gasteiger partial charge in [-0.05, 0) is 6.92 Å². The molecule has 1 aromatic rings. The van der Waals surface area contributed by atoms with Crippen molar-refractivity contribution in [3.8, 4) is 0 Å². The van der Waals surface area contributed by atoms with Crippen molar-refractivity contribution in [1.29, 1.82) is 0 Å². The quantitative estimate of drug-likeness (QED) is 0.607. The van der Waals surface area contributed by atoms with E-state index in [0.29, 0.717) is 11.6 Å². The highest BCUT2D eigenvalue weighted by Crippen LogP contribution is 2.22. The molecular formula is C12H20ClFN4O2. The lowest BCUT2D eigenvalue weighted by Gasteiger charge is -2.28. The molecule has 0 saturated carbocycles. The lowest BCUT2D eigenvalue weighted by Crippen LogP contribution is -2.44. The van der Waals surface area contributed by atoms with E-state index in [1.807, 2.05) is 18.7 Å². The van der Waals surface area contributed by atoms with Crippen molar-refractivity contribution in [1.82, 2.24) is 15.3 Å². The van der Waals surface area contributed by atoms with Crippen LogP contribution in [0.1, 0.15) is 19.7 Å². The Morgan fingerprint density at radius 2 is 1.85 bits per heavy atom. The van der Waals surface area contributed by atoms with Gasteiger partial charge in [0.05, 0.1) is 0 Å². The topological polar surface area (TPSA) is 78.4 Å². The standard InChI is InChI=1S/C9H12ClFN4.C2H6.CH2O2/c1-6-13-8(10)7(11)9(14-6)15-4-2-12-3-5-15;1-2;2-1-3/h12H,2-5H2,1H3;1-2H3;1H,(H,2,3). The molecule has 0 spiro atoms. The molecule has 0 bridgehead atoms. The second-order valence-electron chi connectivity index (χ2n) is 3.54. The van der Waals surface area contributed by atoms with Gasteiger partial charge in [0.2, 0.25) is 5.82 Å². The number of nitrogens with zero attached hydrogens (tertiary/aromatic N) is 3. The molecule has 0 atom stereocenters. The predicted octanol–water partition coefficient (Wildman–Crippen LogP) is 1.71. The van der Waals surface area contributed by atoms with Crippen molar-refractivity contribution in [2.75, 3.05) is 31.1 Å². The number of rotatable bonds is 1. The van der Waals surface area contributed by atoms with Crippen LogP contribution in [0, 0.1) is 12.7 Å². The van der Waals surface area contributed by atoms with E-state index >= 15 is 0 Å². The van der Waals surface area contributed by atoms with E-state index in [4.69, 9.17) is 21.5 Å². The monoisotopic (exact) mass is 306 g/mol. The molecule has 0 radical (unpaired) electrons. The second-order valence-corrected chi connectivity index (χ2v) is 3.90. The number of hydrogen-bond acceptors (Lipinski definition) is 5. The minimum absolute atomic E-state index is 0.101. The summed E-state index contributed by atoms with van der Waals surface area (Å²) in [5, 5.41) is 9.98. The molecule has 114 valence electrons. The van der Waals surface area contributed by atoms with Gasteiger partial charge in [0, 0.05) is 26.2 Å². The van der Waals surface area contributed by atoms with Crippen molar-refractivity contribution in [3.05, 3.63) is 16.8 Å². The fourth-order valence-electron chi connectivity index (χ4n) is 1.60. The van der Waals surface area contributed by atoms with Crippen molar-refractivity contribution < 1.29 is 14.3 Å². The zero-order valence-electron chi connectivity index (χ0n) is 11.9. The molecule has 0 aromatic carbocycles. The van der Waals surface area contributed by atoms with Gasteiger partial charge in [0.15, 0.2) is 11.0 Å². The molecule has 0 amide bonds. The van der Waals surface area contributed by atoms with E-state index in [0.717, 1.165) is 26.2 Å². The van der Waals surface area contributed by atoms with Crippen molar-refractivity contribution in [3.63, 3.8) is 0 Å². The van der Waals surface area contributed by atoms with Crippen LogP contribution < -0.4 is 10.2 Å². The van der Waals surface area contributed by atoms with Crippen molar-refractivity contribution in [2.45, 2.75) is 20.8 Å². The highest BCUT2D eigenvalue weighted by molar-refractivity contribution is 6.29. The molecule has 1 fully saturated rings. The number of hydrogen-bond donors (Lipinski definition) is 2. The van der Waals surface area contributed by atoms with Crippen molar-refractivity contribution >= 4 is 23.9 Å². The summed E-state index contributed by atoms with van der Waals surface area (Å²) < 4.78 is 13.6. The molecule has 20 heavy (non-hydrogen) atoms. The normalized spacial score (nSPS) is 13.6. The van der Waals surface area contributed by atoms with E-state index in [1.54, 1.807) is 6.92 Å². The highest BCUT2D eigenvalue weighted by atomic mass is 35.5. The maximum Gasteiger partial charge on any atom is 0.290 e. The molecule has 0 aliphatic carbocycles. The lowest BCUT2D eigenvalue weighted by molar-refractivity contribution is -0.122. The second kappa shape index (κ2) is 10.3. The Kier molecular flexibility index (Phi) is 9.57. The van der Waals surface area contributed by atoms with Crippen LogP contribution in [0.2, 0.25) is 5.15 Å². The summed E-state index contributed by atoms with van der Waals surface area (Å²) in [5.41, 5.74) is 0. The van der Waals surface area contributed by atoms with Crippen LogP contribution in [0.3, 0.4) is 0 Å². The number of aromatic nitrogens is 2. The third kappa shape index (κ3) is 5.66. The van der Waals surface area contributed by atoms with Gasteiger partial charge >= 0.3 is 0 Å². The molecule has 2 heterocycles. The van der Waals surface area contributed by atoms with Gasteiger partial charge in [-0.15, -0.1) is 0 Å². The summed E-state index contributed by atoms with van der Waals surface area (Å²) in [7, 11) is 0. The first-order chi connectivity index (χ1) is 9.60. The molecule has 2 rings (SSSR count). The molecule has 1 aliphatic heterocycles. The minimum Gasteiger partial charge on any atom is -0.483 e. The first-order valence-electron chi connectivity index (χ1n) is 6.33. The van der Waals surface area contributed by atoms with Crippen LogP contribution in [0.15, 0.2) is 0 Å². The van der Waals surface area contributed by atoms with Crippen LogP contribution >= 0.6 is 11.6 Å². The predicted molar refractivity (Wildman–Crippen MR) is 76.9 cm³/mol. The number of aryl methyl sites for hydroxylation is 1. The number of nitrogens with one attached hydrogen (secondary N) is 1. The highest BCUT2D eigenvalue weighted by Gasteiger charge is 2.19. The summed E-state index contributed by atoms with van der Waals surface area (Å²) in [6.45, 7) is 8.60. The van der Waals surface area contributed by atoms with Gasteiger partial charge < -0.3 is 15.3 Å². The zero-order chi connectivity index (χ0) is 15.5. The molecular weight excluding hydrogens is 287 g/mol. The fourth-order valence-corrected chi connectivity index (χ4v) is 1.80. The van der Waals surface area contributed by atoms with E-state index in [9.17, 15) is 4.39 Å². The van der Waals surface area contributed by atoms with E-state index in [1.165, 1.54) is 0 Å². The van der Waals surface area contributed by atoms with Crippen molar-refractivity contribution in [2.24, 2.45) is 0 Å². The van der Waals surface area contributed by atoms with Crippen LogP contribution in [0.4, 0.5) is 10.2 Å². The SMILES string of the molecule is CC.Cc1nc(Cl)c(F)c(N2CCNCC2)n1.O=CO. The summed E-state index contributed by atoms with van der Waals surface area (Å²) in [6, 6.07) is 0. The minimum atomic E-state index is -0.524. The molecule has 2 N–H and O–H groups in total. The fraction of sp³-hybridized carbons (Fsp3) is 0.583. The van der Waals surface area contributed by atoms with Gasteiger partial charge in [-0.2, -0.15) is 4.39 Å². The van der Waals surface area contributed by atoms with E-state index in [-0.39, 0.29) is 11.6 Å². The van der Waals surface area contributed by atoms with Gasteiger partial charge in [0.25, 0.3) is 6.47 Å². The molecule has 8 heteroatoms. The Morgan fingerprint density at radius 1 is 1.35 bits per heavy atom. The maximum absolute atomic E-state index is 13.6. The number of carbonyl (C=O) groups is 1. The number of piperazine rings is 1. The van der Waals surface area contributed by atoms with Gasteiger partial charge in [-0.25, -0.2) is 9.97 Å². The maximum atomic E-state index is 13.6. The van der Waals surface area contributed by atoms with Crippen LogP contribution in [0.5, 0.6) is 0 Å². The van der Waals surface area contributed by atoms with Gasteiger partial charge in [-0.3, -0.25) is 4.79 Å². The molecule has 1 aliphatic rings. The first kappa shape index (κ1) is 18.5. The summed E-state index contributed by atoms with van der Waals surface area (Å²) in [4.78, 5) is 18.1. The molecule has 6 nitrogen and oxygen atoms in total. The van der Waals surface area contributed by atoms with E-state index < -0.39 is 5.82 Å². The Hall–Kier alpha value is -1.47. The van der Waals surface area contributed by atoms with Crippen LogP contribution in [-0.4, -0.2) is 47.7 Å². The van der Waals surface area contributed by atoms with E-state index in [2.05, 4.69) is 15.3 Å². The third-order valence-corrected chi connectivity index (χ3v) is 2.57. The largest absolute Gasteiger partial charge is 0.483 e. The lowest BCUT2D eigenvalue weighted by atomic mass is 10.3. The zero-order valence-corrected chi connectivity index (χ0v) is 12.6. The van der Waals surface area contributed by atoms with Gasteiger partial charge in [0.1, 0.15) is 5.82 Å². The number of anilines is 1. The van der Waals surface area contributed by atoms with Crippen LogP contribution in [0.25, 0.3) is 0 Å². The van der Waals surface area contributed by atoms with Crippen LogP contribution in [-0.2, 0) is 4.79 Å². The number of carboxylic acid groups (broad SMARTS) is 1. The van der Waals surface area contributed by atoms with Gasteiger partial charge in [-0.1, -0.05) is 25.4 Å². The molecule has 1 aromatic heterocycles. The Bertz CT molecular complexity index is 415. The average molecular weight is 307 g/mol. The Balaban J connectivity index is 0.000000641. The summed E-state index contributed by atoms with van der Waals surface area (Å²) in [5.74, 6) is 0.285. The average Bonchev–Trinajstić information content (AvgIpc) is 2.47. The summed E-state index contributed by atoms with van der Waals surface area (Å²) in [6.07, 6.45) is 0. The molecule has 1 saturated heterocycles. The Morgan fingerprint density at radius 3 is 2.35 bits per heavy atom. The summed E-state index contributed by atoms with van der Waals surface area (Å²) >= 11 is 5.67. The first-order valence-corrected chi connectivity index (χ1v) is 6.71. The smallest absolute Gasteiger partial charge is 0.290 e. The Labute approximate surface area is 123 Å². The molecule has 0 unspecified atom stereocenters. The number of halogens is 2. The third-order valence-electron chi connectivity index (χ3n) is 2.32.